The van der Waals surface area contributed by atoms with E-state index >= 15 is 0 Å². The van der Waals surface area contributed by atoms with Crippen LogP contribution in [0.25, 0.3) is 11.3 Å². The van der Waals surface area contributed by atoms with Crippen molar-refractivity contribution in [2.75, 3.05) is 48.8 Å². The first kappa shape index (κ1) is 27.6. The van der Waals surface area contributed by atoms with Gasteiger partial charge in [-0.2, -0.15) is 0 Å². The molecular formula is C31H34N4O4. The standard InChI is InChI=1S/C31H34N4O4/c1-5-35(6-2)20-27(36)34(4)24-16-14-23(15-17-24)32-29(21-11-9-8-10-12-21)28-25-18-13-22(31(38)39-7-3)19-26(25)33-30(28)37/h8-19,32H,5-7,20H2,1-4H3,(H,33,37). The first-order chi connectivity index (χ1) is 18.9. The molecule has 2 N–H and O–H groups in total. The fraction of sp³-hybridized carbons (Fsp3) is 0.258. The van der Waals surface area contributed by atoms with Gasteiger partial charge in [-0.15, -0.1) is 0 Å². The monoisotopic (exact) mass is 526 g/mol. The van der Waals surface area contributed by atoms with Crippen molar-refractivity contribution < 1.29 is 19.1 Å². The highest BCUT2D eigenvalue weighted by molar-refractivity contribution is 6.37. The molecule has 8 nitrogen and oxygen atoms in total. The Hall–Kier alpha value is -4.43. The highest BCUT2D eigenvalue weighted by atomic mass is 16.5. The summed E-state index contributed by atoms with van der Waals surface area (Å²) in [6.07, 6.45) is 0. The maximum atomic E-state index is 13.2. The van der Waals surface area contributed by atoms with E-state index in [0.717, 1.165) is 30.0 Å². The Kier molecular flexibility index (Phi) is 8.78. The molecule has 0 atom stereocenters. The first-order valence-electron chi connectivity index (χ1n) is 13.1. The maximum Gasteiger partial charge on any atom is 0.338 e. The van der Waals surface area contributed by atoms with Gasteiger partial charge in [0, 0.05) is 24.0 Å². The fourth-order valence-corrected chi connectivity index (χ4v) is 4.45. The average Bonchev–Trinajstić information content (AvgIpc) is 3.29. The van der Waals surface area contributed by atoms with Gasteiger partial charge < -0.3 is 20.3 Å². The van der Waals surface area contributed by atoms with Gasteiger partial charge in [-0.3, -0.25) is 14.5 Å². The molecule has 1 aliphatic heterocycles. The molecule has 3 aromatic carbocycles. The van der Waals surface area contributed by atoms with Gasteiger partial charge in [0.1, 0.15) is 0 Å². The Bertz CT molecular complexity index is 1380. The summed E-state index contributed by atoms with van der Waals surface area (Å²) in [5.41, 5.74) is 5.11. The quantitative estimate of drug-likeness (QED) is 0.282. The van der Waals surface area contributed by atoms with Gasteiger partial charge in [0.05, 0.1) is 35.7 Å². The molecule has 0 radical (unpaired) electrons. The van der Waals surface area contributed by atoms with Crippen LogP contribution in [0.2, 0.25) is 0 Å². The summed E-state index contributed by atoms with van der Waals surface area (Å²) < 4.78 is 5.11. The van der Waals surface area contributed by atoms with E-state index < -0.39 is 5.97 Å². The zero-order chi connectivity index (χ0) is 27.9. The molecule has 0 saturated carbocycles. The Morgan fingerprint density at radius 1 is 0.897 bits per heavy atom. The van der Waals surface area contributed by atoms with Gasteiger partial charge in [-0.25, -0.2) is 4.79 Å². The van der Waals surface area contributed by atoms with Crippen LogP contribution in [0.5, 0.6) is 0 Å². The van der Waals surface area contributed by atoms with E-state index in [1.54, 1.807) is 37.1 Å². The van der Waals surface area contributed by atoms with Gasteiger partial charge in [-0.1, -0.05) is 50.2 Å². The predicted octanol–water partition coefficient (Wildman–Crippen LogP) is 5.10. The van der Waals surface area contributed by atoms with Gasteiger partial charge in [0.2, 0.25) is 5.91 Å². The molecule has 1 heterocycles. The Balaban J connectivity index is 1.66. The number of rotatable bonds is 10. The van der Waals surface area contributed by atoms with Crippen LogP contribution in [0.4, 0.5) is 17.1 Å². The minimum absolute atomic E-state index is 0.0212. The largest absolute Gasteiger partial charge is 0.462 e. The van der Waals surface area contributed by atoms with Crippen LogP contribution >= 0.6 is 0 Å². The molecule has 0 spiro atoms. The molecule has 0 fully saturated rings. The molecule has 202 valence electrons. The molecule has 39 heavy (non-hydrogen) atoms. The van der Waals surface area contributed by atoms with Crippen molar-refractivity contribution in [2.45, 2.75) is 20.8 Å². The molecule has 0 saturated heterocycles. The number of carbonyl (C=O) groups excluding carboxylic acids is 3. The summed E-state index contributed by atoms with van der Waals surface area (Å²) >= 11 is 0. The number of benzene rings is 3. The number of carbonyl (C=O) groups is 3. The number of fused-ring (bicyclic) bond motifs is 1. The second-order valence-electron chi connectivity index (χ2n) is 9.14. The Morgan fingerprint density at radius 3 is 2.23 bits per heavy atom. The summed E-state index contributed by atoms with van der Waals surface area (Å²) in [5.74, 6) is -0.683. The second-order valence-corrected chi connectivity index (χ2v) is 9.14. The summed E-state index contributed by atoms with van der Waals surface area (Å²) in [6, 6.07) is 22.2. The van der Waals surface area contributed by atoms with Gasteiger partial charge in [-0.05, 0) is 62.0 Å². The zero-order valence-corrected chi connectivity index (χ0v) is 22.8. The second kappa shape index (κ2) is 12.4. The minimum Gasteiger partial charge on any atom is -0.462 e. The third-order valence-corrected chi connectivity index (χ3v) is 6.74. The first-order valence-corrected chi connectivity index (χ1v) is 13.1. The summed E-state index contributed by atoms with van der Waals surface area (Å²) in [4.78, 5) is 41.9. The van der Waals surface area contributed by atoms with Crippen LogP contribution in [0, 0.1) is 0 Å². The summed E-state index contributed by atoms with van der Waals surface area (Å²) in [7, 11) is 1.77. The average molecular weight is 527 g/mol. The van der Waals surface area contributed by atoms with Crippen molar-refractivity contribution in [3.8, 4) is 0 Å². The van der Waals surface area contributed by atoms with E-state index in [1.807, 2.05) is 68.4 Å². The van der Waals surface area contributed by atoms with Crippen LogP contribution in [0.3, 0.4) is 0 Å². The number of nitrogens with zero attached hydrogens (tertiary/aromatic N) is 2. The number of likely N-dealkylation sites (N-methyl/N-ethyl adjacent to an activating group) is 2. The normalized spacial score (nSPS) is 13.5. The molecule has 2 amide bonds. The lowest BCUT2D eigenvalue weighted by atomic mass is 9.99. The number of esters is 1. The smallest absolute Gasteiger partial charge is 0.338 e. The van der Waals surface area contributed by atoms with Crippen LogP contribution in [-0.4, -0.2) is 56.0 Å². The summed E-state index contributed by atoms with van der Waals surface area (Å²) in [5, 5.41) is 6.32. The number of ether oxygens (including phenoxy) is 1. The van der Waals surface area contributed by atoms with Crippen molar-refractivity contribution in [3.05, 3.63) is 89.5 Å². The molecule has 0 aliphatic carbocycles. The van der Waals surface area contributed by atoms with Gasteiger partial charge in [0.15, 0.2) is 0 Å². The minimum atomic E-state index is -0.436. The van der Waals surface area contributed by atoms with Crippen LogP contribution in [0.15, 0.2) is 72.8 Å². The molecule has 0 unspecified atom stereocenters. The molecule has 0 bridgehead atoms. The number of nitrogens with one attached hydrogen (secondary N) is 2. The number of hydrogen-bond donors (Lipinski definition) is 2. The topological polar surface area (TPSA) is 91.0 Å². The number of hydrogen-bond acceptors (Lipinski definition) is 6. The van der Waals surface area contributed by atoms with Crippen molar-refractivity contribution in [1.82, 2.24) is 4.90 Å². The van der Waals surface area contributed by atoms with Crippen LogP contribution < -0.4 is 15.5 Å². The molecule has 0 aromatic heterocycles. The number of anilines is 3. The zero-order valence-electron chi connectivity index (χ0n) is 22.8. The molecular weight excluding hydrogens is 492 g/mol. The third kappa shape index (κ3) is 6.18. The van der Waals surface area contributed by atoms with E-state index in [1.165, 1.54) is 0 Å². The lowest BCUT2D eigenvalue weighted by molar-refractivity contribution is -0.119. The van der Waals surface area contributed by atoms with Crippen molar-refractivity contribution in [2.24, 2.45) is 0 Å². The molecule has 1 aliphatic rings. The van der Waals surface area contributed by atoms with Crippen LogP contribution in [-0.2, 0) is 14.3 Å². The summed E-state index contributed by atoms with van der Waals surface area (Å²) in [6.45, 7) is 8.10. The third-order valence-electron chi connectivity index (χ3n) is 6.74. The van der Waals surface area contributed by atoms with Gasteiger partial charge >= 0.3 is 5.97 Å². The van der Waals surface area contributed by atoms with E-state index in [-0.39, 0.29) is 18.4 Å². The van der Waals surface area contributed by atoms with E-state index in [4.69, 9.17) is 4.74 Å². The SMILES string of the molecule is CCOC(=O)c1ccc2c(c1)NC(=O)C2=C(Nc1ccc(N(C)C(=O)CN(CC)CC)cc1)c1ccccc1. The van der Waals surface area contributed by atoms with Crippen molar-refractivity contribution in [3.63, 3.8) is 0 Å². The fourth-order valence-electron chi connectivity index (χ4n) is 4.45. The predicted molar refractivity (Wildman–Crippen MR) is 156 cm³/mol. The van der Waals surface area contributed by atoms with Crippen molar-refractivity contribution >= 4 is 46.1 Å². The highest BCUT2D eigenvalue weighted by Crippen LogP contribution is 2.38. The highest BCUT2D eigenvalue weighted by Gasteiger charge is 2.29. The molecule has 8 heteroatoms. The lowest BCUT2D eigenvalue weighted by Crippen LogP contribution is -2.38. The van der Waals surface area contributed by atoms with Crippen molar-refractivity contribution in [1.29, 1.82) is 0 Å². The Labute approximate surface area is 229 Å². The van der Waals surface area contributed by atoms with E-state index in [2.05, 4.69) is 15.5 Å². The maximum absolute atomic E-state index is 13.2. The van der Waals surface area contributed by atoms with E-state index in [0.29, 0.717) is 34.6 Å². The number of amides is 2. The van der Waals surface area contributed by atoms with E-state index in [9.17, 15) is 14.4 Å². The Morgan fingerprint density at radius 2 is 1.59 bits per heavy atom. The molecule has 4 rings (SSSR count). The van der Waals surface area contributed by atoms with Gasteiger partial charge in [0.25, 0.3) is 5.91 Å². The lowest BCUT2D eigenvalue weighted by Gasteiger charge is -2.23. The van der Waals surface area contributed by atoms with Crippen LogP contribution in [0.1, 0.15) is 42.3 Å². The molecule has 3 aromatic rings.